The van der Waals surface area contributed by atoms with Gasteiger partial charge in [-0.2, -0.15) is 0 Å². The monoisotopic (exact) mass is 895 g/mol. The van der Waals surface area contributed by atoms with Gasteiger partial charge in [0.25, 0.3) is 0 Å². The van der Waals surface area contributed by atoms with Gasteiger partial charge < -0.3 is 10.2 Å². The Morgan fingerprint density at radius 2 is 0.969 bits per heavy atom. The number of carbonyl (C=O) groups is 3. The van der Waals surface area contributed by atoms with Crippen LogP contribution in [0.25, 0.3) is 0 Å². The van der Waals surface area contributed by atoms with Crippen molar-refractivity contribution >= 4 is 40.7 Å². The summed E-state index contributed by atoms with van der Waals surface area (Å²) >= 11 is 0. The van der Waals surface area contributed by atoms with Gasteiger partial charge in [0.05, 0.1) is 0 Å². The fourth-order valence-electron chi connectivity index (χ4n) is 9.03. The summed E-state index contributed by atoms with van der Waals surface area (Å²) in [5.74, 6) is -2.00. The van der Waals surface area contributed by atoms with Crippen LogP contribution in [-0.4, -0.2) is 41.3 Å². The van der Waals surface area contributed by atoms with Gasteiger partial charge in [0, 0.05) is 12.2 Å². The number of hydrogen-bond acceptors (Lipinski definition) is 3. The molecule has 2 N–H and O–H groups in total. The third-order valence-corrected chi connectivity index (χ3v) is 19.1. The molecule has 0 bridgehead atoms. The molecule has 0 radical (unpaired) electrons. The van der Waals surface area contributed by atoms with E-state index in [1.165, 1.54) is 89.7 Å². The molecule has 0 aliphatic heterocycles. The second-order valence-electron chi connectivity index (χ2n) is 19.3. The molecular formula is C59H75O5P. The maximum atomic E-state index is 10.5. The van der Waals surface area contributed by atoms with Crippen molar-refractivity contribution in [3.05, 3.63) is 196 Å². The third kappa shape index (κ3) is 15.5. The third-order valence-electron chi connectivity index (χ3n) is 13.0. The van der Waals surface area contributed by atoms with E-state index in [0.29, 0.717) is 6.29 Å². The summed E-state index contributed by atoms with van der Waals surface area (Å²) in [4.78, 5) is 30.0. The standard InChI is InChI=1S/C34H41P.C20H28O2.C5H6O3/c1-28(23-24-33-29(2)16-15-26-34(33,3)4)25-27-35(5,30-17-9-6-10-18-30,31-19-11-7-12-20-31)32-21-13-8-14-22-32;1-15(8-6-9-16(2)14-19(21)22)11-12-18-17(3)10-7-13-20(18,4)5;1-4(3-6)2-5(7)8/h6-14,17-25H,15-16,26-27H2,1-5H3;6,8-9,11-12,14H,7,10,13H2,1-5H3,(H,21,22);2-3H,1H3,(H,7,8)/b24-23+,28-25-;9-6+,12-11+,15-8-,16-14+;4-2+. The number of carbonyl (C=O) groups excluding carboxylic acids is 1. The molecule has 346 valence electrons. The van der Waals surface area contributed by atoms with Crippen LogP contribution in [0.2, 0.25) is 0 Å². The molecule has 0 heterocycles. The van der Waals surface area contributed by atoms with Crippen LogP contribution in [0.3, 0.4) is 0 Å². The molecule has 0 spiro atoms. The Hall–Kier alpha value is -5.64. The fraction of sp³-hybridized carbons (Fsp3) is 0.339. The Balaban J connectivity index is 0.000000318. The predicted molar refractivity (Wildman–Crippen MR) is 280 cm³/mol. The fourth-order valence-corrected chi connectivity index (χ4v) is 14.2. The van der Waals surface area contributed by atoms with Crippen LogP contribution < -0.4 is 15.9 Å². The number of allylic oxidation sites excluding steroid dienone is 16. The Labute approximate surface area is 391 Å². The van der Waals surface area contributed by atoms with Gasteiger partial charge in [0.15, 0.2) is 0 Å². The number of aldehydes is 1. The minimum absolute atomic E-state index is 0.220. The van der Waals surface area contributed by atoms with E-state index in [1.807, 2.05) is 12.2 Å². The molecular weight excluding hydrogens is 820 g/mol. The predicted octanol–water partition coefficient (Wildman–Crippen LogP) is 14.0. The van der Waals surface area contributed by atoms with E-state index in [4.69, 9.17) is 10.2 Å². The molecule has 5 nitrogen and oxygen atoms in total. The zero-order valence-corrected chi connectivity index (χ0v) is 41.9. The van der Waals surface area contributed by atoms with Crippen LogP contribution >= 0.6 is 6.60 Å². The van der Waals surface area contributed by atoms with Crippen LogP contribution in [0.1, 0.15) is 108 Å². The molecule has 5 rings (SSSR count). The summed E-state index contributed by atoms with van der Waals surface area (Å²) in [5, 5.41) is 21.0. The molecule has 0 unspecified atom stereocenters. The van der Waals surface area contributed by atoms with Crippen molar-refractivity contribution in [3.63, 3.8) is 0 Å². The molecule has 0 fully saturated rings. The van der Waals surface area contributed by atoms with Gasteiger partial charge in [0.1, 0.15) is 6.29 Å². The molecule has 0 aromatic heterocycles. The van der Waals surface area contributed by atoms with Crippen molar-refractivity contribution in [1.29, 1.82) is 0 Å². The summed E-state index contributed by atoms with van der Waals surface area (Å²) in [6.45, 7) is 21.3. The second kappa shape index (κ2) is 24.6. The number of benzene rings is 3. The average Bonchev–Trinajstić information content (AvgIpc) is 3.25. The summed E-state index contributed by atoms with van der Waals surface area (Å²) < 4.78 is 0. The summed E-state index contributed by atoms with van der Waals surface area (Å²) in [7, 11) is 0. The maximum absolute atomic E-state index is 10.5. The van der Waals surface area contributed by atoms with Gasteiger partial charge in [-0.25, -0.2) is 9.59 Å². The van der Waals surface area contributed by atoms with E-state index < -0.39 is 18.5 Å². The Kier molecular flexibility index (Phi) is 20.3. The van der Waals surface area contributed by atoms with E-state index in [-0.39, 0.29) is 16.4 Å². The van der Waals surface area contributed by atoms with Gasteiger partial charge in [-0.3, -0.25) is 4.79 Å². The van der Waals surface area contributed by atoms with Crippen LogP contribution in [-0.2, 0) is 14.4 Å². The molecule has 6 heteroatoms. The van der Waals surface area contributed by atoms with Crippen molar-refractivity contribution in [2.75, 3.05) is 12.8 Å². The summed E-state index contributed by atoms with van der Waals surface area (Å²) in [5.41, 5.74) is 10.00. The zero-order valence-electron chi connectivity index (χ0n) is 41.0. The van der Waals surface area contributed by atoms with Crippen molar-refractivity contribution in [1.82, 2.24) is 0 Å². The molecule has 0 saturated carbocycles. The molecule has 2 aliphatic rings. The minimum atomic E-state index is -2.74. The zero-order chi connectivity index (χ0) is 48.3. The van der Waals surface area contributed by atoms with Gasteiger partial charge >= 0.3 is 226 Å². The topological polar surface area (TPSA) is 91.7 Å². The Morgan fingerprint density at radius 1 is 0.585 bits per heavy atom. The molecule has 65 heavy (non-hydrogen) atoms. The van der Waals surface area contributed by atoms with E-state index >= 15 is 0 Å². The summed E-state index contributed by atoms with van der Waals surface area (Å²) in [6.07, 6.45) is 28.4. The van der Waals surface area contributed by atoms with Crippen LogP contribution in [0.4, 0.5) is 0 Å². The van der Waals surface area contributed by atoms with Gasteiger partial charge in [-0.1, -0.05) is 55.4 Å². The number of aliphatic carboxylic acids is 2. The molecule has 2 aliphatic carbocycles. The Morgan fingerprint density at radius 3 is 1.32 bits per heavy atom. The number of carboxylic acid groups (broad SMARTS) is 2. The normalized spacial score (nSPS) is 17.8. The van der Waals surface area contributed by atoms with E-state index in [1.54, 1.807) is 18.6 Å². The molecule has 0 saturated heterocycles. The van der Waals surface area contributed by atoms with Gasteiger partial charge in [-0.15, -0.1) is 0 Å². The molecule has 3 aromatic carbocycles. The van der Waals surface area contributed by atoms with Gasteiger partial charge in [-0.05, 0) is 69.1 Å². The Bertz CT molecular complexity index is 2280. The first kappa shape index (κ1) is 53.7. The van der Waals surface area contributed by atoms with Crippen LogP contribution in [0.15, 0.2) is 196 Å². The average molecular weight is 895 g/mol. The second-order valence-corrected chi connectivity index (χ2v) is 24.8. The van der Waals surface area contributed by atoms with E-state index in [0.717, 1.165) is 23.4 Å². The van der Waals surface area contributed by atoms with E-state index in [9.17, 15) is 14.4 Å². The van der Waals surface area contributed by atoms with Crippen LogP contribution in [0.5, 0.6) is 0 Å². The van der Waals surface area contributed by atoms with Crippen LogP contribution in [0, 0.1) is 10.8 Å². The first-order valence-electron chi connectivity index (χ1n) is 22.9. The quantitative estimate of drug-likeness (QED) is 0.0728. The van der Waals surface area contributed by atoms with E-state index in [2.05, 4.69) is 183 Å². The molecule has 3 aromatic rings. The van der Waals surface area contributed by atoms with Crippen molar-refractivity contribution in [2.45, 2.75) is 108 Å². The summed E-state index contributed by atoms with van der Waals surface area (Å²) in [6, 6.07) is 33.6. The van der Waals surface area contributed by atoms with Crippen molar-refractivity contribution < 1.29 is 24.6 Å². The number of hydrogen-bond donors (Lipinski definition) is 2. The van der Waals surface area contributed by atoms with Gasteiger partial charge in [0.2, 0.25) is 0 Å². The number of carboxylic acids is 2. The number of rotatable bonds is 14. The first-order valence-corrected chi connectivity index (χ1v) is 25.7. The molecule has 0 atom stereocenters. The van der Waals surface area contributed by atoms with Crippen molar-refractivity contribution in [2.24, 2.45) is 10.8 Å². The van der Waals surface area contributed by atoms with Crippen molar-refractivity contribution in [3.8, 4) is 0 Å². The first-order chi connectivity index (χ1) is 30.6. The SMILES string of the molecule is C/C(C=O)=C\C(=O)O.CC1=C(/C=C/C(C)=C\C=C\C(C)=C\C(=O)O)C(C)(C)CCC1.CC1=C(/C=C/C(C)=C\CP(C)(c2ccccc2)(c2ccccc2)c2ccccc2)C(C)(C)CCC1. The molecule has 0 amide bonds.